The van der Waals surface area contributed by atoms with Gasteiger partial charge in [-0.2, -0.15) is 6.42 Å². The first-order valence-corrected chi connectivity index (χ1v) is 8.24. The average molecular weight is 605 g/mol. The van der Waals surface area contributed by atoms with Crippen molar-refractivity contribution in [1.29, 1.82) is 0 Å². The quantitative estimate of drug-likeness (QED) is 0.308. The Labute approximate surface area is 207 Å². The third-order valence-corrected chi connectivity index (χ3v) is 2.51. The second-order valence-electron chi connectivity index (χ2n) is 3.97. The zero-order chi connectivity index (χ0) is 16.3. The van der Waals surface area contributed by atoms with Crippen LogP contribution in [0, 0.1) is 14.4 Å². The van der Waals surface area contributed by atoms with Crippen LogP contribution in [0.25, 0.3) is 0 Å². The Morgan fingerprint density at radius 3 is 1.23 bits per heavy atom. The minimum absolute atomic E-state index is 0. The van der Waals surface area contributed by atoms with Crippen molar-refractivity contribution >= 4 is 0 Å². The summed E-state index contributed by atoms with van der Waals surface area (Å²) in [7, 11) is 0. The van der Waals surface area contributed by atoms with Gasteiger partial charge in [-0.25, -0.2) is 0 Å². The van der Waals surface area contributed by atoms with E-state index in [0.717, 1.165) is 6.42 Å². The summed E-state index contributed by atoms with van der Waals surface area (Å²) in [4.78, 5) is 0. The summed E-state index contributed by atoms with van der Waals surface area (Å²) in [6.07, 6.45) is 3.34. The summed E-state index contributed by atoms with van der Waals surface area (Å²) >= 11 is 0. The minimum atomic E-state index is 0. The Morgan fingerprint density at radius 2 is 1.00 bits per heavy atom. The molecule has 0 heterocycles. The van der Waals surface area contributed by atoms with Gasteiger partial charge in [-0.1, -0.05) is 122 Å². The fraction of sp³-hybridized carbons (Fsp3) is 0.417. The number of hydrogen-bond donors (Lipinski definition) is 0. The van der Waals surface area contributed by atoms with Crippen LogP contribution >= 0.6 is 0 Å². The number of rotatable bonds is 3. The van der Waals surface area contributed by atoms with E-state index in [4.69, 9.17) is 0 Å². The molecule has 2 heteroatoms. The van der Waals surface area contributed by atoms with E-state index < -0.39 is 0 Å². The van der Waals surface area contributed by atoms with Gasteiger partial charge in [0.15, 0.2) is 0 Å². The molecule has 0 aliphatic carbocycles. The molecule has 2 rings (SSSR count). The van der Waals surface area contributed by atoms with Crippen molar-refractivity contribution in [3.63, 3.8) is 0 Å². The first-order chi connectivity index (χ1) is 10.4. The van der Waals surface area contributed by atoms with Crippen molar-refractivity contribution in [2.45, 2.75) is 68.7 Å². The van der Waals surface area contributed by atoms with Gasteiger partial charge in [0.1, 0.15) is 0 Å². The maximum absolute atomic E-state index is 3.76. The summed E-state index contributed by atoms with van der Waals surface area (Å²) in [6.45, 7) is 14.0. The first kappa shape index (κ1) is 45.2. The molecule has 26 heavy (non-hydrogen) atoms. The van der Waals surface area contributed by atoms with Crippen LogP contribution in [0.15, 0.2) is 60.7 Å². The second-order valence-corrected chi connectivity index (χ2v) is 3.97. The monoisotopic (exact) mass is 605 g/mol. The molecule has 0 bridgehead atoms. The number of aryl methyl sites for hydroxylation is 1. The average Bonchev–Trinajstić information content (AvgIpc) is 2.61. The molecule has 1 radical (unpaired) electrons. The maximum Gasteiger partial charge on any atom is 0 e. The predicted molar refractivity (Wildman–Crippen MR) is 119 cm³/mol. The van der Waals surface area contributed by atoms with Gasteiger partial charge in [0.05, 0.1) is 0 Å². The molecule has 2 aromatic rings. The largest absolute Gasteiger partial charge is 0.358 e. The van der Waals surface area contributed by atoms with E-state index in [2.05, 4.69) is 56.3 Å². The van der Waals surface area contributed by atoms with Crippen molar-refractivity contribution in [1.82, 2.24) is 0 Å². The van der Waals surface area contributed by atoms with E-state index in [1.165, 1.54) is 24.0 Å². The fourth-order valence-corrected chi connectivity index (χ4v) is 1.58. The van der Waals surface area contributed by atoms with Crippen LogP contribution in [0.1, 0.15) is 67.0 Å². The Balaban J connectivity index is -0.0000000402. The molecule has 0 saturated carbocycles. The van der Waals surface area contributed by atoms with Crippen molar-refractivity contribution in [2.75, 3.05) is 0 Å². The van der Waals surface area contributed by atoms with Gasteiger partial charge >= 0.3 is 0 Å². The third kappa shape index (κ3) is 29.0. The minimum Gasteiger partial charge on any atom is -0.358 e. The van der Waals surface area contributed by atoms with E-state index >= 15 is 0 Å². The van der Waals surface area contributed by atoms with E-state index in [-0.39, 0.29) is 76.1 Å². The molecule has 0 aliphatic heterocycles. The topological polar surface area (TPSA) is 0 Å². The molecule has 0 spiro atoms. The Hall–Kier alpha value is 0.232. The molecule has 0 saturated heterocycles. The second kappa shape index (κ2) is 40.1. The van der Waals surface area contributed by atoms with E-state index in [0.29, 0.717) is 0 Å². The van der Waals surface area contributed by atoms with Crippen LogP contribution in [0.2, 0.25) is 0 Å². The van der Waals surface area contributed by atoms with Gasteiger partial charge in [0.25, 0.3) is 0 Å². The van der Waals surface area contributed by atoms with E-state index in [1.807, 2.05) is 45.9 Å². The molecule has 0 fully saturated rings. The first-order valence-electron chi connectivity index (χ1n) is 8.24. The third-order valence-electron chi connectivity index (χ3n) is 2.51. The van der Waals surface area contributed by atoms with Crippen molar-refractivity contribution in [3.8, 4) is 0 Å². The summed E-state index contributed by atoms with van der Waals surface area (Å²) < 4.78 is 0. The summed E-state index contributed by atoms with van der Waals surface area (Å²) in [5.41, 5.74) is 2.74. The molecule has 0 nitrogen and oxygen atoms in total. The molecule has 151 valence electrons. The van der Waals surface area contributed by atoms with Gasteiger partial charge in [0.2, 0.25) is 0 Å². The predicted octanol–water partition coefficient (Wildman–Crippen LogP) is 8.47. The molecule has 0 amide bonds. The Bertz CT molecular complexity index is 387. The van der Waals surface area contributed by atoms with Crippen LogP contribution in [0.5, 0.6) is 0 Å². The summed E-state index contributed by atoms with van der Waals surface area (Å²) in [5, 5.41) is 0. The molecule has 0 N–H and O–H groups in total. The smallest absolute Gasteiger partial charge is 0 e. The van der Waals surface area contributed by atoms with Crippen molar-refractivity contribution < 1.29 is 53.8 Å². The fourth-order valence-electron chi connectivity index (χ4n) is 1.58. The summed E-state index contributed by atoms with van der Waals surface area (Å²) in [5.74, 6) is 0. The number of hydrogen-bond acceptors (Lipinski definition) is 0. The maximum atomic E-state index is 3.76. The zero-order valence-corrected chi connectivity index (χ0v) is 22.4. The van der Waals surface area contributed by atoms with Gasteiger partial charge in [-0.05, 0) is 12.0 Å². The van der Waals surface area contributed by atoms with Gasteiger partial charge in [-0.15, -0.1) is 0 Å². The normalized spacial score (nSPS) is 6.54. The van der Waals surface area contributed by atoms with Crippen LogP contribution in [-0.2, 0) is 66.6 Å². The molecule has 2 aromatic carbocycles. The van der Waals surface area contributed by atoms with Crippen LogP contribution < -0.4 is 0 Å². The van der Waals surface area contributed by atoms with Crippen LogP contribution in [0.4, 0.5) is 0 Å². The van der Waals surface area contributed by atoms with Gasteiger partial charge < -0.3 is 14.4 Å². The number of benzene rings is 2. The molecule has 0 unspecified atom stereocenters. The van der Waals surface area contributed by atoms with Gasteiger partial charge in [-0.3, -0.25) is 0 Å². The van der Waals surface area contributed by atoms with E-state index in [9.17, 15) is 0 Å². The summed E-state index contributed by atoms with van der Waals surface area (Å²) in [6, 6.07) is 20.8. The Morgan fingerprint density at radius 1 is 0.692 bits per heavy atom. The SMILES string of the molecule is C.C.CC.CC.CCCc1ccccc1.[CH2-]Cc1ccccc1.[CH3-].[W].[Y]. The van der Waals surface area contributed by atoms with Crippen LogP contribution in [-0.4, -0.2) is 0 Å². The molecule has 0 aliphatic rings. The Kier molecular flexibility index (Phi) is 69.6. The van der Waals surface area contributed by atoms with Crippen LogP contribution in [0.3, 0.4) is 0 Å². The molecule has 0 atom stereocenters. The van der Waals surface area contributed by atoms with Crippen molar-refractivity contribution in [3.05, 3.63) is 86.1 Å². The molecule has 0 aromatic heterocycles. The van der Waals surface area contributed by atoms with Crippen molar-refractivity contribution in [2.24, 2.45) is 0 Å². The zero-order valence-electron chi connectivity index (χ0n) is 16.6. The standard InChI is InChI=1S/C9H12.C8H9.2C2H6.2CH4.CH3.W.Y/c1-2-6-9-7-4-3-5-8-9;1-2-8-6-4-3-5-7-8;2*1-2;;;;;/h3-5,7-8H,2,6H2,1H3;3-7H,1-2H2;2*1-2H3;2*1H4;1H3;;/q;-1;;;;;-1;;. The molecular formula is C24H44WY-2. The van der Waals surface area contributed by atoms with E-state index in [1.54, 1.807) is 0 Å². The van der Waals surface area contributed by atoms with Gasteiger partial charge in [0, 0.05) is 53.8 Å². The molecular weight excluding hydrogens is 561 g/mol.